The zero-order valence-electron chi connectivity index (χ0n) is 5.62. The third kappa shape index (κ3) is 7.02. The van der Waals surface area contributed by atoms with Crippen molar-refractivity contribution in [2.75, 3.05) is 0 Å². The Labute approximate surface area is 56.0 Å². The number of hydrogen-bond acceptors (Lipinski definition) is 1. The van der Waals surface area contributed by atoms with Crippen molar-refractivity contribution in [2.24, 2.45) is 0 Å². The van der Waals surface area contributed by atoms with E-state index in [0.717, 1.165) is 12.7 Å². The molecule has 0 spiro atoms. The highest BCUT2D eigenvalue weighted by atomic mass is 16.2. The molecule has 0 aromatic heterocycles. The summed E-state index contributed by atoms with van der Waals surface area (Å²) in [5.41, 5.74) is 0. The van der Waals surface area contributed by atoms with Crippen LogP contribution in [0.15, 0.2) is 36.6 Å². The minimum atomic E-state index is 1.01. The fourth-order valence-corrected chi connectivity index (χ4v) is 0.393. The van der Waals surface area contributed by atoms with Gasteiger partial charge in [-0.3, -0.25) is 0 Å². The third-order valence-electron chi connectivity index (χ3n) is 0.791. The fourth-order valence-electron chi connectivity index (χ4n) is 0.393. The van der Waals surface area contributed by atoms with Crippen LogP contribution in [0, 0.1) is 0 Å². The topological polar surface area (TPSA) is 20.2 Å². The standard InChI is InChI=1S/C8H12O/c1-2-3-4-5-6-7-8-9/h3-9H,2H2,1H3. The van der Waals surface area contributed by atoms with E-state index in [9.17, 15) is 0 Å². The smallest absolute Gasteiger partial charge is 0.0791 e. The van der Waals surface area contributed by atoms with Crippen molar-refractivity contribution in [1.29, 1.82) is 0 Å². The van der Waals surface area contributed by atoms with E-state index in [1.54, 1.807) is 12.2 Å². The second-order valence-electron chi connectivity index (χ2n) is 1.56. The van der Waals surface area contributed by atoms with Gasteiger partial charge in [-0.1, -0.05) is 31.2 Å². The molecule has 0 atom stereocenters. The van der Waals surface area contributed by atoms with Crippen molar-refractivity contribution in [3.63, 3.8) is 0 Å². The van der Waals surface area contributed by atoms with Crippen LogP contribution in [0.5, 0.6) is 0 Å². The van der Waals surface area contributed by atoms with Crippen molar-refractivity contribution in [2.45, 2.75) is 13.3 Å². The van der Waals surface area contributed by atoms with Crippen LogP contribution in [-0.2, 0) is 0 Å². The zero-order chi connectivity index (χ0) is 6.95. The first kappa shape index (κ1) is 8.02. The Bertz CT molecular complexity index is 121. The molecule has 0 aliphatic heterocycles. The van der Waals surface area contributed by atoms with Crippen molar-refractivity contribution in [1.82, 2.24) is 0 Å². The molecule has 0 amide bonds. The first-order chi connectivity index (χ1) is 4.41. The summed E-state index contributed by atoms with van der Waals surface area (Å²) in [6.45, 7) is 2.08. The average Bonchev–Trinajstić information content (AvgIpc) is 1.89. The van der Waals surface area contributed by atoms with Crippen LogP contribution in [0.1, 0.15) is 13.3 Å². The molecule has 0 saturated heterocycles. The van der Waals surface area contributed by atoms with Crippen LogP contribution in [0.25, 0.3) is 0 Å². The second kappa shape index (κ2) is 7.02. The van der Waals surface area contributed by atoms with E-state index in [1.807, 2.05) is 18.2 Å². The van der Waals surface area contributed by atoms with Crippen LogP contribution in [0.3, 0.4) is 0 Å². The maximum absolute atomic E-state index is 8.17. The largest absolute Gasteiger partial charge is 0.516 e. The number of allylic oxidation sites excluding steroid dienone is 5. The molecule has 0 heterocycles. The summed E-state index contributed by atoms with van der Waals surface area (Å²) < 4.78 is 0. The van der Waals surface area contributed by atoms with Gasteiger partial charge in [0.2, 0.25) is 0 Å². The lowest BCUT2D eigenvalue weighted by atomic mass is 10.4. The number of hydrogen-bond donors (Lipinski definition) is 1. The van der Waals surface area contributed by atoms with Crippen LogP contribution in [0.4, 0.5) is 0 Å². The minimum absolute atomic E-state index is 1.01. The first-order valence-electron chi connectivity index (χ1n) is 3.04. The Balaban J connectivity index is 3.35. The Kier molecular flexibility index (Phi) is 6.26. The number of aliphatic hydroxyl groups excluding tert-OH is 1. The van der Waals surface area contributed by atoms with Gasteiger partial charge in [0.25, 0.3) is 0 Å². The minimum Gasteiger partial charge on any atom is -0.516 e. The van der Waals surface area contributed by atoms with Gasteiger partial charge in [-0.25, -0.2) is 0 Å². The summed E-state index contributed by atoms with van der Waals surface area (Å²) >= 11 is 0. The quantitative estimate of drug-likeness (QED) is 0.453. The van der Waals surface area contributed by atoms with E-state index in [-0.39, 0.29) is 0 Å². The van der Waals surface area contributed by atoms with Crippen molar-refractivity contribution in [3.05, 3.63) is 36.6 Å². The van der Waals surface area contributed by atoms with E-state index in [0.29, 0.717) is 0 Å². The maximum Gasteiger partial charge on any atom is 0.0791 e. The van der Waals surface area contributed by atoms with Gasteiger partial charge in [-0.05, 0) is 12.5 Å². The highest BCUT2D eigenvalue weighted by Crippen LogP contribution is 1.81. The molecule has 0 aromatic rings. The predicted molar refractivity (Wildman–Crippen MR) is 40.3 cm³/mol. The number of rotatable bonds is 3. The summed E-state index contributed by atoms with van der Waals surface area (Å²) in [5.74, 6) is 0. The molecule has 0 rings (SSSR count). The van der Waals surface area contributed by atoms with Crippen LogP contribution in [0.2, 0.25) is 0 Å². The SMILES string of the molecule is CCC=CC=CC=CO. The molecule has 0 radical (unpaired) electrons. The zero-order valence-corrected chi connectivity index (χ0v) is 5.62. The monoisotopic (exact) mass is 124 g/mol. The molecule has 0 fully saturated rings. The molecule has 1 heteroatoms. The van der Waals surface area contributed by atoms with Crippen LogP contribution >= 0.6 is 0 Å². The Morgan fingerprint density at radius 1 is 1.11 bits per heavy atom. The summed E-state index contributed by atoms with van der Waals surface area (Å²) in [7, 11) is 0. The molecule has 0 unspecified atom stereocenters. The fraction of sp³-hybridized carbons (Fsp3) is 0.250. The number of aliphatic hydroxyl groups is 1. The normalized spacial score (nSPS) is 12.6. The third-order valence-corrected chi connectivity index (χ3v) is 0.791. The molecule has 0 aliphatic carbocycles. The summed E-state index contributed by atoms with van der Waals surface area (Å²) in [4.78, 5) is 0. The van der Waals surface area contributed by atoms with Gasteiger partial charge in [0.05, 0.1) is 6.26 Å². The highest BCUT2D eigenvalue weighted by molar-refractivity contribution is 5.09. The lowest BCUT2D eigenvalue weighted by Gasteiger charge is -1.72. The van der Waals surface area contributed by atoms with Gasteiger partial charge >= 0.3 is 0 Å². The summed E-state index contributed by atoms with van der Waals surface area (Å²) in [6.07, 6.45) is 11.3. The molecular formula is C8H12O. The molecule has 0 aliphatic rings. The highest BCUT2D eigenvalue weighted by Gasteiger charge is 1.61. The van der Waals surface area contributed by atoms with Crippen molar-refractivity contribution in [3.8, 4) is 0 Å². The molecular weight excluding hydrogens is 112 g/mol. The van der Waals surface area contributed by atoms with E-state index >= 15 is 0 Å². The first-order valence-corrected chi connectivity index (χ1v) is 3.04. The van der Waals surface area contributed by atoms with E-state index in [1.165, 1.54) is 0 Å². The van der Waals surface area contributed by atoms with Crippen molar-refractivity contribution < 1.29 is 5.11 Å². The van der Waals surface area contributed by atoms with E-state index in [4.69, 9.17) is 5.11 Å². The van der Waals surface area contributed by atoms with Crippen LogP contribution in [-0.4, -0.2) is 5.11 Å². The maximum atomic E-state index is 8.17. The Hall–Kier alpha value is -0.980. The summed E-state index contributed by atoms with van der Waals surface area (Å²) in [5, 5.41) is 8.17. The average molecular weight is 124 g/mol. The molecule has 1 nitrogen and oxygen atoms in total. The lowest BCUT2D eigenvalue weighted by molar-refractivity contribution is 0.474. The van der Waals surface area contributed by atoms with Gasteiger partial charge in [-0.2, -0.15) is 0 Å². The molecule has 0 bridgehead atoms. The molecule has 0 saturated carbocycles. The molecule has 9 heavy (non-hydrogen) atoms. The van der Waals surface area contributed by atoms with Gasteiger partial charge in [0.1, 0.15) is 0 Å². The Morgan fingerprint density at radius 3 is 2.33 bits per heavy atom. The van der Waals surface area contributed by atoms with Gasteiger partial charge in [0, 0.05) is 0 Å². The van der Waals surface area contributed by atoms with E-state index in [2.05, 4.69) is 6.92 Å². The van der Waals surface area contributed by atoms with Gasteiger partial charge in [0.15, 0.2) is 0 Å². The van der Waals surface area contributed by atoms with Gasteiger partial charge < -0.3 is 5.11 Å². The molecule has 1 N–H and O–H groups in total. The molecule has 0 aromatic carbocycles. The predicted octanol–water partition coefficient (Wildman–Crippen LogP) is 2.58. The summed E-state index contributed by atoms with van der Waals surface area (Å²) in [6, 6.07) is 0. The van der Waals surface area contributed by atoms with Crippen molar-refractivity contribution >= 4 is 0 Å². The van der Waals surface area contributed by atoms with Crippen LogP contribution < -0.4 is 0 Å². The van der Waals surface area contributed by atoms with Gasteiger partial charge in [-0.15, -0.1) is 0 Å². The Morgan fingerprint density at radius 2 is 1.78 bits per heavy atom. The second-order valence-corrected chi connectivity index (χ2v) is 1.56. The molecule has 50 valence electrons. The lowest BCUT2D eigenvalue weighted by Crippen LogP contribution is -1.52. The van der Waals surface area contributed by atoms with E-state index < -0.39 is 0 Å².